The Morgan fingerprint density at radius 3 is 2.94 bits per heavy atom. The summed E-state index contributed by atoms with van der Waals surface area (Å²) < 4.78 is 10.4. The van der Waals surface area contributed by atoms with Crippen LogP contribution in [0.5, 0.6) is 0 Å². The summed E-state index contributed by atoms with van der Waals surface area (Å²) in [5.74, 6) is 0.478. The maximum Gasteiger partial charge on any atom is 0.408 e. The number of alkyl carbamates (subject to hydrolysis) is 1. The fraction of sp³-hybridized carbons (Fsp3) is 0.692. The minimum atomic E-state index is -0.760. The Bertz CT molecular complexity index is 349. The summed E-state index contributed by atoms with van der Waals surface area (Å²) in [6.45, 7) is 2.89. The second-order valence-corrected chi connectivity index (χ2v) is 4.76. The molecule has 1 N–H and O–H groups in total. The Morgan fingerprint density at radius 2 is 2.39 bits per heavy atom. The molecule has 0 aromatic rings. The zero-order valence-electron chi connectivity index (χ0n) is 10.5. The lowest BCUT2D eigenvalue weighted by Gasteiger charge is -2.20. The number of rotatable bonds is 5. The van der Waals surface area contributed by atoms with Gasteiger partial charge in [0.25, 0.3) is 0 Å². The average molecular weight is 252 g/mol. The molecule has 99 valence electrons. The highest BCUT2D eigenvalue weighted by Crippen LogP contribution is 2.33. The molecule has 2 atom stereocenters. The second-order valence-electron chi connectivity index (χ2n) is 4.76. The average Bonchev–Trinajstić information content (AvgIpc) is 3.21. The third-order valence-corrected chi connectivity index (χ3v) is 3.27. The monoisotopic (exact) mass is 252 g/mol. The molecule has 1 aliphatic carbocycles. The van der Waals surface area contributed by atoms with Crippen LogP contribution in [0.3, 0.4) is 0 Å². The number of carbonyl (C=O) groups is 1. The molecule has 2 unspecified atom stereocenters. The molecule has 1 saturated carbocycles. The molecule has 1 radical (unpaired) electrons. The number of amides is 1. The molecule has 18 heavy (non-hydrogen) atoms. The third-order valence-electron chi connectivity index (χ3n) is 3.27. The Hall–Kier alpha value is -1.36. The van der Waals surface area contributed by atoms with Crippen molar-refractivity contribution in [3.8, 4) is 0 Å². The van der Waals surface area contributed by atoms with Gasteiger partial charge in [-0.05, 0) is 37.7 Å². The summed E-state index contributed by atoms with van der Waals surface area (Å²) in [5.41, 5.74) is 0.743. The van der Waals surface area contributed by atoms with Gasteiger partial charge in [0, 0.05) is 0 Å². The van der Waals surface area contributed by atoms with E-state index in [1.807, 2.05) is 19.3 Å². The fourth-order valence-electron chi connectivity index (χ4n) is 1.96. The Balaban J connectivity index is 1.83. The molecule has 0 spiro atoms. The van der Waals surface area contributed by atoms with E-state index in [2.05, 4.69) is 5.32 Å². The fourth-order valence-corrected chi connectivity index (χ4v) is 1.96. The highest BCUT2D eigenvalue weighted by Gasteiger charge is 2.31. The van der Waals surface area contributed by atoms with Gasteiger partial charge in [0.05, 0.1) is 13.2 Å². The number of carbonyl (C=O) groups excluding carboxylic acids is 2. The van der Waals surface area contributed by atoms with E-state index in [9.17, 15) is 9.59 Å². The first-order chi connectivity index (χ1) is 8.70. The van der Waals surface area contributed by atoms with Crippen LogP contribution in [0.4, 0.5) is 4.79 Å². The molecule has 5 nitrogen and oxygen atoms in total. The van der Waals surface area contributed by atoms with Gasteiger partial charge in [0.2, 0.25) is 6.29 Å². The van der Waals surface area contributed by atoms with Crippen molar-refractivity contribution in [2.24, 2.45) is 5.92 Å². The van der Waals surface area contributed by atoms with Gasteiger partial charge in [-0.25, -0.2) is 4.79 Å². The van der Waals surface area contributed by atoms with Crippen molar-refractivity contribution >= 4 is 12.4 Å². The maximum absolute atomic E-state index is 11.6. The maximum atomic E-state index is 11.6. The van der Waals surface area contributed by atoms with Crippen LogP contribution in [0.1, 0.15) is 26.2 Å². The van der Waals surface area contributed by atoms with Crippen molar-refractivity contribution in [2.75, 3.05) is 13.2 Å². The van der Waals surface area contributed by atoms with E-state index in [0.29, 0.717) is 19.1 Å². The molecule has 1 aliphatic heterocycles. The van der Waals surface area contributed by atoms with Gasteiger partial charge >= 0.3 is 6.09 Å². The number of nitrogens with one attached hydrogen (secondary N) is 1. The second kappa shape index (κ2) is 6.00. The van der Waals surface area contributed by atoms with Crippen LogP contribution in [0.25, 0.3) is 0 Å². The first-order valence-electron chi connectivity index (χ1n) is 6.32. The molecule has 2 aliphatic rings. The predicted molar refractivity (Wildman–Crippen MR) is 64.8 cm³/mol. The van der Waals surface area contributed by atoms with Gasteiger partial charge in [-0.2, -0.15) is 0 Å². The predicted octanol–water partition coefficient (Wildman–Crippen LogP) is 1.34. The highest BCUT2D eigenvalue weighted by atomic mass is 16.6. The van der Waals surface area contributed by atoms with Gasteiger partial charge in [-0.3, -0.25) is 4.79 Å². The lowest BCUT2D eigenvalue weighted by Crippen LogP contribution is -2.40. The third kappa shape index (κ3) is 3.57. The van der Waals surface area contributed by atoms with Crippen LogP contribution < -0.4 is 5.32 Å². The van der Waals surface area contributed by atoms with E-state index < -0.39 is 12.1 Å². The molecule has 2 rings (SSSR count). The van der Waals surface area contributed by atoms with E-state index >= 15 is 0 Å². The molecule has 0 saturated heterocycles. The Kier molecular flexibility index (Phi) is 4.36. The van der Waals surface area contributed by atoms with Crippen molar-refractivity contribution in [1.82, 2.24) is 5.32 Å². The van der Waals surface area contributed by atoms with Crippen LogP contribution in [-0.4, -0.2) is 37.7 Å². The summed E-state index contributed by atoms with van der Waals surface area (Å²) in [6, 6.07) is -0.760. The number of hydrogen-bond donors (Lipinski definition) is 1. The van der Waals surface area contributed by atoms with Crippen LogP contribution in [0.15, 0.2) is 11.6 Å². The topological polar surface area (TPSA) is 64.6 Å². The number of hydrogen-bond acceptors (Lipinski definition) is 4. The van der Waals surface area contributed by atoms with E-state index in [1.54, 1.807) is 0 Å². The van der Waals surface area contributed by atoms with E-state index in [0.717, 1.165) is 24.8 Å². The standard InChI is InChI=1S/C13H18NO4/c1-9(10-4-5-10)18-13(16)14-12(7-15)11-3-2-6-17-8-11/h3,9-10,12H,2,4-6,8H2,1H3,(H,14,16). The van der Waals surface area contributed by atoms with Crippen molar-refractivity contribution in [3.63, 3.8) is 0 Å². The molecular weight excluding hydrogens is 234 g/mol. The SMILES string of the molecule is CC(OC(=O)NC([C]=O)C1=CCCOC1)C1CC1. The van der Waals surface area contributed by atoms with E-state index in [1.165, 1.54) is 0 Å². The summed E-state index contributed by atoms with van der Waals surface area (Å²) >= 11 is 0. The van der Waals surface area contributed by atoms with Crippen molar-refractivity contribution < 1.29 is 19.1 Å². The van der Waals surface area contributed by atoms with Crippen molar-refractivity contribution in [2.45, 2.75) is 38.3 Å². The minimum Gasteiger partial charge on any atom is -0.446 e. The Morgan fingerprint density at radius 1 is 1.61 bits per heavy atom. The quantitative estimate of drug-likeness (QED) is 0.750. The molecule has 0 aromatic carbocycles. The van der Waals surface area contributed by atoms with Gasteiger partial charge in [-0.15, -0.1) is 0 Å². The zero-order valence-corrected chi connectivity index (χ0v) is 10.5. The smallest absolute Gasteiger partial charge is 0.408 e. The molecule has 1 amide bonds. The number of ether oxygens (including phenoxy) is 2. The van der Waals surface area contributed by atoms with Gasteiger partial charge in [-0.1, -0.05) is 6.08 Å². The molecule has 5 heteroatoms. The first kappa shape index (κ1) is 13.1. The van der Waals surface area contributed by atoms with Gasteiger partial charge in [0.1, 0.15) is 12.1 Å². The minimum absolute atomic E-state index is 0.0890. The first-order valence-corrected chi connectivity index (χ1v) is 6.32. The lowest BCUT2D eigenvalue weighted by atomic mass is 10.1. The summed E-state index contributed by atoms with van der Waals surface area (Å²) in [5, 5.41) is 2.52. The van der Waals surface area contributed by atoms with Crippen molar-refractivity contribution in [3.05, 3.63) is 11.6 Å². The normalized spacial score (nSPS) is 22.6. The zero-order chi connectivity index (χ0) is 13.0. The molecule has 0 bridgehead atoms. The summed E-state index contributed by atoms with van der Waals surface area (Å²) in [6.07, 6.45) is 6.04. The van der Waals surface area contributed by atoms with Gasteiger partial charge < -0.3 is 14.8 Å². The summed E-state index contributed by atoms with van der Waals surface area (Å²) in [7, 11) is 0. The molecular formula is C13H18NO4. The van der Waals surface area contributed by atoms with E-state index in [4.69, 9.17) is 9.47 Å². The van der Waals surface area contributed by atoms with Crippen LogP contribution in [0.2, 0.25) is 0 Å². The largest absolute Gasteiger partial charge is 0.446 e. The summed E-state index contributed by atoms with van der Waals surface area (Å²) in [4.78, 5) is 22.5. The molecule has 1 fully saturated rings. The van der Waals surface area contributed by atoms with Crippen LogP contribution in [-0.2, 0) is 14.3 Å². The highest BCUT2D eigenvalue weighted by molar-refractivity contribution is 5.76. The van der Waals surface area contributed by atoms with E-state index in [-0.39, 0.29) is 6.10 Å². The Labute approximate surface area is 107 Å². The molecule has 0 aromatic heterocycles. The lowest BCUT2D eigenvalue weighted by molar-refractivity contribution is 0.0936. The van der Waals surface area contributed by atoms with Gasteiger partial charge in [0.15, 0.2) is 0 Å². The molecule has 1 heterocycles. The van der Waals surface area contributed by atoms with Crippen molar-refractivity contribution in [1.29, 1.82) is 0 Å². The van der Waals surface area contributed by atoms with Crippen LogP contribution >= 0.6 is 0 Å². The van der Waals surface area contributed by atoms with Crippen LogP contribution in [0, 0.1) is 5.92 Å².